The first-order valence-electron chi connectivity index (χ1n) is 7.66. The van der Waals surface area contributed by atoms with Gasteiger partial charge in [-0.3, -0.25) is 9.59 Å². The number of rotatable bonds is 6. The van der Waals surface area contributed by atoms with Crippen molar-refractivity contribution >= 4 is 34.4 Å². The van der Waals surface area contributed by atoms with Gasteiger partial charge in [0.05, 0.1) is 6.54 Å². The summed E-state index contributed by atoms with van der Waals surface area (Å²) in [6.07, 6.45) is 5.89. The summed E-state index contributed by atoms with van der Waals surface area (Å²) < 4.78 is 2.01. The maximum atomic E-state index is 12.3. The van der Waals surface area contributed by atoms with Crippen molar-refractivity contribution in [3.63, 3.8) is 0 Å². The first kappa shape index (κ1) is 15.9. The highest BCUT2D eigenvalue weighted by Gasteiger charge is 2.30. The maximum absolute atomic E-state index is 12.3. The third kappa shape index (κ3) is 3.34. The zero-order valence-corrected chi connectivity index (χ0v) is 14.0. The van der Waals surface area contributed by atoms with Crippen molar-refractivity contribution in [2.45, 2.75) is 17.9 Å². The molecular formula is C18H20N2O2S. The van der Waals surface area contributed by atoms with Crippen LogP contribution in [0.5, 0.6) is 0 Å². The maximum Gasteiger partial charge on any atom is 0.245 e. The van der Waals surface area contributed by atoms with E-state index < -0.39 is 0 Å². The Morgan fingerprint density at radius 3 is 2.83 bits per heavy atom. The van der Waals surface area contributed by atoms with E-state index in [1.807, 2.05) is 10.8 Å². The normalized spacial score (nSPS) is 14.7. The lowest BCUT2D eigenvalue weighted by Crippen LogP contribution is -2.50. The molecule has 1 amide bonds. The molecule has 0 atom stereocenters. The van der Waals surface area contributed by atoms with Crippen LogP contribution in [0.1, 0.15) is 6.42 Å². The van der Waals surface area contributed by atoms with Crippen LogP contribution < -0.4 is 0 Å². The van der Waals surface area contributed by atoms with Crippen LogP contribution in [0.2, 0.25) is 0 Å². The van der Waals surface area contributed by atoms with E-state index in [1.165, 1.54) is 11.0 Å². The summed E-state index contributed by atoms with van der Waals surface area (Å²) >= 11 is 1.71. The number of benzene rings is 1. The second-order valence-corrected chi connectivity index (χ2v) is 6.80. The number of likely N-dealkylation sites (tertiary alicyclic amines) is 1. The van der Waals surface area contributed by atoms with E-state index in [2.05, 4.69) is 37.1 Å². The largest absolute Gasteiger partial charge is 0.340 e. The average Bonchev–Trinajstić information content (AvgIpc) is 2.91. The molecule has 120 valence electrons. The van der Waals surface area contributed by atoms with Crippen molar-refractivity contribution in [2.75, 3.05) is 19.3 Å². The van der Waals surface area contributed by atoms with Gasteiger partial charge >= 0.3 is 0 Å². The second-order valence-electron chi connectivity index (χ2n) is 5.92. The monoisotopic (exact) mass is 328 g/mol. The van der Waals surface area contributed by atoms with Gasteiger partial charge in [0.15, 0.2) is 5.78 Å². The van der Waals surface area contributed by atoms with Gasteiger partial charge in [0, 0.05) is 47.4 Å². The molecule has 1 fully saturated rings. The molecule has 1 aromatic heterocycles. The van der Waals surface area contributed by atoms with Crippen LogP contribution in [-0.2, 0) is 16.1 Å². The number of nitrogens with zero attached hydrogens (tertiary/aromatic N) is 2. The van der Waals surface area contributed by atoms with Crippen molar-refractivity contribution < 1.29 is 9.59 Å². The molecule has 0 N–H and O–H groups in total. The molecule has 1 aliphatic heterocycles. The summed E-state index contributed by atoms with van der Waals surface area (Å²) in [5, 5.41) is 1.16. The molecule has 2 heterocycles. The van der Waals surface area contributed by atoms with Gasteiger partial charge < -0.3 is 9.47 Å². The van der Waals surface area contributed by atoms with Crippen molar-refractivity contribution in [3.8, 4) is 0 Å². The van der Waals surface area contributed by atoms with E-state index in [0.717, 1.165) is 10.9 Å². The fraction of sp³-hybridized carbons (Fsp3) is 0.333. The summed E-state index contributed by atoms with van der Waals surface area (Å²) in [5.74, 6) is 0.457. The molecule has 0 aliphatic carbocycles. The van der Waals surface area contributed by atoms with Crippen molar-refractivity contribution in [1.29, 1.82) is 0 Å². The highest BCUT2D eigenvalue weighted by atomic mass is 32.2. The van der Waals surface area contributed by atoms with E-state index in [-0.39, 0.29) is 17.6 Å². The van der Waals surface area contributed by atoms with Gasteiger partial charge in [-0.2, -0.15) is 0 Å². The van der Waals surface area contributed by atoms with Gasteiger partial charge in [0.25, 0.3) is 0 Å². The Morgan fingerprint density at radius 1 is 1.35 bits per heavy atom. The first-order valence-corrected chi connectivity index (χ1v) is 8.89. The van der Waals surface area contributed by atoms with Crippen molar-refractivity contribution in [3.05, 3.63) is 43.1 Å². The molecule has 0 saturated carbocycles. The highest BCUT2D eigenvalue weighted by Crippen LogP contribution is 2.24. The quantitative estimate of drug-likeness (QED) is 0.605. The van der Waals surface area contributed by atoms with Crippen LogP contribution in [0.15, 0.2) is 48.0 Å². The predicted octanol–water partition coefficient (Wildman–Crippen LogP) is 2.97. The third-order valence-corrected chi connectivity index (χ3v) is 5.01. The smallest absolute Gasteiger partial charge is 0.245 e. The molecule has 1 saturated heterocycles. The fourth-order valence-corrected chi connectivity index (χ4v) is 3.48. The lowest BCUT2D eigenvalue weighted by Gasteiger charge is -2.38. The van der Waals surface area contributed by atoms with Gasteiger partial charge in [-0.25, -0.2) is 0 Å². The molecule has 5 heteroatoms. The Bertz CT molecular complexity index is 759. The van der Waals surface area contributed by atoms with Crippen LogP contribution in [0.25, 0.3) is 10.9 Å². The molecule has 3 rings (SSSR count). The molecule has 23 heavy (non-hydrogen) atoms. The van der Waals surface area contributed by atoms with Crippen LogP contribution in [-0.4, -0.2) is 40.5 Å². The molecular weight excluding hydrogens is 308 g/mol. The number of amides is 1. The van der Waals surface area contributed by atoms with Gasteiger partial charge in [-0.1, -0.05) is 6.58 Å². The lowest BCUT2D eigenvalue weighted by molar-refractivity contribution is -0.134. The second kappa shape index (κ2) is 6.62. The Morgan fingerprint density at radius 2 is 2.13 bits per heavy atom. The van der Waals surface area contributed by atoms with Crippen LogP contribution >= 0.6 is 11.8 Å². The first-order chi connectivity index (χ1) is 11.1. The van der Waals surface area contributed by atoms with Gasteiger partial charge in [-0.05, 0) is 36.6 Å². The predicted molar refractivity (Wildman–Crippen MR) is 93.6 cm³/mol. The minimum absolute atomic E-state index is 0.0466. The lowest BCUT2D eigenvalue weighted by atomic mass is 9.94. The van der Waals surface area contributed by atoms with Gasteiger partial charge in [0.2, 0.25) is 5.91 Å². The average molecular weight is 328 g/mol. The van der Waals surface area contributed by atoms with Crippen LogP contribution in [0.4, 0.5) is 0 Å². The van der Waals surface area contributed by atoms with Gasteiger partial charge in [0.1, 0.15) is 0 Å². The minimum atomic E-state index is -0.0466. The number of hydrogen-bond acceptors (Lipinski definition) is 3. The Kier molecular flexibility index (Phi) is 4.57. The molecule has 0 unspecified atom stereocenters. The molecule has 1 aliphatic rings. The topological polar surface area (TPSA) is 42.3 Å². The molecule has 0 bridgehead atoms. The van der Waals surface area contributed by atoms with Crippen LogP contribution in [0, 0.1) is 5.92 Å². The van der Waals surface area contributed by atoms with E-state index >= 15 is 0 Å². The molecule has 0 spiro atoms. The van der Waals surface area contributed by atoms with E-state index in [0.29, 0.717) is 26.1 Å². The number of ketones is 1. The third-order valence-electron chi connectivity index (χ3n) is 4.28. The minimum Gasteiger partial charge on any atom is -0.340 e. The zero-order chi connectivity index (χ0) is 16.4. The Hall–Kier alpha value is -2.01. The van der Waals surface area contributed by atoms with E-state index in [1.54, 1.807) is 16.7 Å². The van der Waals surface area contributed by atoms with Gasteiger partial charge in [-0.15, -0.1) is 11.8 Å². The number of aromatic nitrogens is 1. The Balaban J connectivity index is 1.59. The summed E-state index contributed by atoms with van der Waals surface area (Å²) in [6.45, 7) is 5.21. The summed E-state index contributed by atoms with van der Waals surface area (Å²) in [7, 11) is 0. The van der Waals surface area contributed by atoms with Crippen molar-refractivity contribution in [1.82, 2.24) is 9.47 Å². The number of fused-ring (bicyclic) bond motifs is 1. The summed E-state index contributed by atoms with van der Waals surface area (Å²) in [5.41, 5.74) is 1.09. The van der Waals surface area contributed by atoms with Crippen molar-refractivity contribution in [2.24, 2.45) is 5.92 Å². The number of Topliss-reactive ketones (excluding diaryl/α,β-unsaturated/α-hetero) is 1. The Labute approximate surface area is 140 Å². The number of hydrogen-bond donors (Lipinski definition) is 0. The van der Waals surface area contributed by atoms with E-state index in [9.17, 15) is 9.59 Å². The molecule has 1 aromatic carbocycles. The van der Waals surface area contributed by atoms with E-state index in [4.69, 9.17) is 0 Å². The molecule has 0 radical (unpaired) electrons. The summed E-state index contributed by atoms with van der Waals surface area (Å²) in [4.78, 5) is 26.6. The number of carbonyl (C=O) groups excluding carboxylic acids is 2. The summed E-state index contributed by atoms with van der Waals surface area (Å²) in [6, 6.07) is 8.35. The number of thioether (sulfide) groups is 1. The SMILES string of the molecule is C=CC(=O)N1CC(CC(=O)Cn2ccc3cc(SC)ccc32)C1. The standard InChI is InChI=1S/C18H20N2O2S/c1-3-18(22)20-10-13(11-20)8-15(21)12-19-7-6-14-9-16(23-2)4-5-17(14)19/h3-7,9,13H,1,8,10-12H2,2H3. The van der Waals surface area contributed by atoms with Crippen LogP contribution in [0.3, 0.4) is 0 Å². The number of carbonyl (C=O) groups is 2. The highest BCUT2D eigenvalue weighted by molar-refractivity contribution is 7.98. The molecule has 2 aromatic rings. The fourth-order valence-electron chi connectivity index (χ4n) is 3.03. The zero-order valence-electron chi connectivity index (χ0n) is 13.2. The molecule has 4 nitrogen and oxygen atoms in total.